The van der Waals surface area contributed by atoms with E-state index in [1.807, 2.05) is 30.9 Å². The fourth-order valence-electron chi connectivity index (χ4n) is 4.47. The molecule has 5 rings (SSSR count). The van der Waals surface area contributed by atoms with Crippen molar-refractivity contribution in [2.75, 3.05) is 36.4 Å². The number of benzene rings is 1. The standard InChI is InChI=1S/C26H30N6/c1-19(2)30-14-16-31(17-15-30)22-6-4-21(5-7-22)29-24-8-9-25(32-13-12-28-26(24)32)23-18-27-11-10-20(23)3/h4-13,18-19,29H,14-17H2,1-3H3. The summed E-state index contributed by atoms with van der Waals surface area (Å²) >= 11 is 0. The molecule has 0 atom stereocenters. The van der Waals surface area contributed by atoms with E-state index in [-0.39, 0.29) is 0 Å². The molecular formula is C26H30N6. The Bertz CT molecular complexity index is 1200. The molecule has 6 heteroatoms. The van der Waals surface area contributed by atoms with Crippen molar-refractivity contribution in [1.29, 1.82) is 0 Å². The van der Waals surface area contributed by atoms with Gasteiger partial charge in [-0.25, -0.2) is 4.98 Å². The summed E-state index contributed by atoms with van der Waals surface area (Å²) in [6.07, 6.45) is 7.59. The number of hydrogen-bond acceptors (Lipinski definition) is 5. The van der Waals surface area contributed by atoms with Crippen molar-refractivity contribution in [1.82, 2.24) is 19.3 Å². The minimum Gasteiger partial charge on any atom is -0.369 e. The van der Waals surface area contributed by atoms with Crippen LogP contribution in [-0.2, 0) is 0 Å². The van der Waals surface area contributed by atoms with Gasteiger partial charge in [0.1, 0.15) is 0 Å². The van der Waals surface area contributed by atoms with Crippen LogP contribution in [0.5, 0.6) is 0 Å². The van der Waals surface area contributed by atoms with Gasteiger partial charge in [0.05, 0.1) is 11.4 Å². The molecular weight excluding hydrogens is 396 g/mol. The van der Waals surface area contributed by atoms with Crippen molar-refractivity contribution in [3.63, 3.8) is 0 Å². The third-order valence-electron chi connectivity index (χ3n) is 6.42. The largest absolute Gasteiger partial charge is 0.369 e. The Morgan fingerprint density at radius 3 is 2.41 bits per heavy atom. The number of piperazine rings is 1. The van der Waals surface area contributed by atoms with Gasteiger partial charge in [0.2, 0.25) is 0 Å². The fourth-order valence-corrected chi connectivity index (χ4v) is 4.47. The highest BCUT2D eigenvalue weighted by atomic mass is 15.3. The van der Waals surface area contributed by atoms with E-state index in [0.717, 1.165) is 54.5 Å². The average molecular weight is 427 g/mol. The molecule has 6 nitrogen and oxygen atoms in total. The molecule has 0 amide bonds. The van der Waals surface area contributed by atoms with Crippen LogP contribution in [0.4, 0.5) is 17.1 Å². The maximum absolute atomic E-state index is 4.61. The van der Waals surface area contributed by atoms with Gasteiger partial charge in [-0.15, -0.1) is 0 Å². The van der Waals surface area contributed by atoms with Gasteiger partial charge < -0.3 is 10.2 Å². The third-order valence-corrected chi connectivity index (χ3v) is 6.42. The Morgan fingerprint density at radius 1 is 0.906 bits per heavy atom. The van der Waals surface area contributed by atoms with Crippen molar-refractivity contribution in [3.05, 3.63) is 72.8 Å². The molecule has 1 aromatic carbocycles. The van der Waals surface area contributed by atoms with Gasteiger partial charge in [0.25, 0.3) is 0 Å². The second-order valence-electron chi connectivity index (χ2n) is 8.73. The van der Waals surface area contributed by atoms with Gasteiger partial charge in [-0.05, 0) is 68.8 Å². The van der Waals surface area contributed by atoms with Crippen molar-refractivity contribution in [3.8, 4) is 11.3 Å². The summed E-state index contributed by atoms with van der Waals surface area (Å²) in [5.41, 5.74) is 7.63. The zero-order valence-corrected chi connectivity index (χ0v) is 19.0. The molecule has 0 bridgehead atoms. The number of anilines is 3. The summed E-state index contributed by atoms with van der Waals surface area (Å²) in [7, 11) is 0. The number of aromatic nitrogens is 3. The van der Waals surface area contributed by atoms with Gasteiger partial charge in [0, 0.05) is 73.9 Å². The van der Waals surface area contributed by atoms with E-state index >= 15 is 0 Å². The highest BCUT2D eigenvalue weighted by Crippen LogP contribution is 2.29. The lowest BCUT2D eigenvalue weighted by atomic mass is 10.1. The maximum Gasteiger partial charge on any atom is 0.161 e. The molecule has 32 heavy (non-hydrogen) atoms. The molecule has 1 aliphatic rings. The lowest BCUT2D eigenvalue weighted by Gasteiger charge is -2.38. The van der Waals surface area contributed by atoms with Crippen LogP contribution in [0, 0.1) is 6.92 Å². The van der Waals surface area contributed by atoms with Crippen LogP contribution in [0.1, 0.15) is 19.4 Å². The Hall–Kier alpha value is -3.38. The number of rotatable bonds is 5. The SMILES string of the molecule is Cc1ccncc1-c1ccc(Nc2ccc(N3CCN(C(C)C)CC3)cc2)c2nccn12. The molecule has 4 heterocycles. The number of aryl methyl sites for hydroxylation is 1. The quantitative estimate of drug-likeness (QED) is 0.488. The number of nitrogens with one attached hydrogen (secondary N) is 1. The summed E-state index contributed by atoms with van der Waals surface area (Å²) < 4.78 is 2.12. The van der Waals surface area contributed by atoms with Crippen LogP contribution in [0.15, 0.2) is 67.3 Å². The predicted molar refractivity (Wildman–Crippen MR) is 132 cm³/mol. The molecule has 0 unspecified atom stereocenters. The van der Waals surface area contributed by atoms with E-state index in [9.17, 15) is 0 Å². The van der Waals surface area contributed by atoms with Crippen LogP contribution >= 0.6 is 0 Å². The van der Waals surface area contributed by atoms with Crippen LogP contribution in [0.25, 0.3) is 16.9 Å². The summed E-state index contributed by atoms with van der Waals surface area (Å²) in [6, 6.07) is 15.6. The monoisotopic (exact) mass is 426 g/mol. The maximum atomic E-state index is 4.61. The first-order valence-corrected chi connectivity index (χ1v) is 11.3. The van der Waals surface area contributed by atoms with E-state index in [1.54, 1.807) is 0 Å². The Morgan fingerprint density at radius 2 is 1.69 bits per heavy atom. The second-order valence-corrected chi connectivity index (χ2v) is 8.73. The Kier molecular flexibility index (Phi) is 5.53. The summed E-state index contributed by atoms with van der Waals surface area (Å²) in [6.45, 7) is 11.1. The molecule has 3 aromatic heterocycles. The first-order valence-electron chi connectivity index (χ1n) is 11.3. The minimum absolute atomic E-state index is 0.622. The zero-order chi connectivity index (χ0) is 22.1. The summed E-state index contributed by atoms with van der Waals surface area (Å²) in [5, 5.41) is 3.55. The summed E-state index contributed by atoms with van der Waals surface area (Å²) in [5.74, 6) is 0. The molecule has 0 aliphatic carbocycles. The first kappa shape index (κ1) is 20.5. The van der Waals surface area contributed by atoms with Crippen molar-refractivity contribution in [2.24, 2.45) is 0 Å². The van der Waals surface area contributed by atoms with Crippen molar-refractivity contribution < 1.29 is 0 Å². The topological polar surface area (TPSA) is 48.7 Å². The fraction of sp³-hybridized carbons (Fsp3) is 0.308. The number of pyridine rings is 2. The van der Waals surface area contributed by atoms with E-state index < -0.39 is 0 Å². The predicted octanol–water partition coefficient (Wildman–Crippen LogP) is 4.98. The lowest BCUT2D eigenvalue weighted by molar-refractivity contribution is 0.209. The van der Waals surface area contributed by atoms with Gasteiger partial charge in [-0.3, -0.25) is 14.3 Å². The lowest BCUT2D eigenvalue weighted by Crippen LogP contribution is -2.48. The first-order chi connectivity index (χ1) is 15.6. The molecule has 164 valence electrons. The van der Waals surface area contributed by atoms with Crippen molar-refractivity contribution in [2.45, 2.75) is 26.8 Å². The van der Waals surface area contributed by atoms with Gasteiger partial charge in [0.15, 0.2) is 5.65 Å². The highest BCUT2D eigenvalue weighted by Gasteiger charge is 2.19. The average Bonchev–Trinajstić information content (AvgIpc) is 3.31. The molecule has 1 N–H and O–H groups in total. The molecule has 1 fully saturated rings. The molecule has 1 aliphatic heterocycles. The van der Waals surface area contributed by atoms with Crippen LogP contribution < -0.4 is 10.2 Å². The second kappa shape index (κ2) is 8.63. The smallest absolute Gasteiger partial charge is 0.161 e. The molecule has 0 radical (unpaired) electrons. The van der Waals surface area contributed by atoms with Crippen LogP contribution in [0.3, 0.4) is 0 Å². The highest BCUT2D eigenvalue weighted by molar-refractivity contribution is 5.79. The van der Waals surface area contributed by atoms with E-state index in [2.05, 4.69) is 86.7 Å². The van der Waals surface area contributed by atoms with Gasteiger partial charge in [-0.1, -0.05) is 0 Å². The van der Waals surface area contributed by atoms with Gasteiger partial charge in [-0.2, -0.15) is 0 Å². The van der Waals surface area contributed by atoms with E-state index in [0.29, 0.717) is 6.04 Å². The number of nitrogens with zero attached hydrogens (tertiary/aromatic N) is 5. The zero-order valence-electron chi connectivity index (χ0n) is 19.0. The molecule has 0 spiro atoms. The number of fused-ring (bicyclic) bond motifs is 1. The summed E-state index contributed by atoms with van der Waals surface area (Å²) in [4.78, 5) is 13.9. The molecule has 4 aromatic rings. The Labute approximate surface area is 189 Å². The van der Waals surface area contributed by atoms with Crippen LogP contribution in [0.2, 0.25) is 0 Å². The van der Waals surface area contributed by atoms with E-state index in [1.165, 1.54) is 11.3 Å². The third kappa shape index (κ3) is 3.94. The number of imidazole rings is 1. The normalized spacial score (nSPS) is 14.9. The molecule has 1 saturated heterocycles. The van der Waals surface area contributed by atoms with Gasteiger partial charge >= 0.3 is 0 Å². The van der Waals surface area contributed by atoms with E-state index in [4.69, 9.17) is 0 Å². The molecule has 0 saturated carbocycles. The minimum atomic E-state index is 0.622. The van der Waals surface area contributed by atoms with Crippen molar-refractivity contribution >= 4 is 22.7 Å². The van der Waals surface area contributed by atoms with Crippen LogP contribution in [-0.4, -0.2) is 51.5 Å². The number of hydrogen-bond donors (Lipinski definition) is 1. The Balaban J connectivity index is 1.35.